The van der Waals surface area contributed by atoms with Crippen LogP contribution in [-0.4, -0.2) is 4.92 Å². The zero-order valence-electron chi connectivity index (χ0n) is 9.84. The lowest BCUT2D eigenvalue weighted by Crippen LogP contribution is -1.94. The molecule has 0 spiro atoms. The number of benzene rings is 2. The van der Waals surface area contributed by atoms with Crippen LogP contribution in [0.4, 0.5) is 10.1 Å². The third-order valence-corrected chi connectivity index (χ3v) is 3.05. The molecule has 0 aliphatic carbocycles. The predicted octanol–water partition coefficient (Wildman–Crippen LogP) is 4.16. The highest BCUT2D eigenvalue weighted by molar-refractivity contribution is 9.10. The molecule has 0 unspecified atom stereocenters. The second kappa shape index (κ2) is 5.67. The van der Waals surface area contributed by atoms with Crippen LogP contribution in [0.5, 0.6) is 11.5 Å². The maximum atomic E-state index is 13.4. The Hall–Kier alpha value is -2.46. The first kappa shape index (κ1) is 14.0. The van der Waals surface area contributed by atoms with E-state index >= 15 is 0 Å². The number of hydrogen-bond acceptors (Lipinski definition) is 4. The van der Waals surface area contributed by atoms with Crippen LogP contribution in [0.2, 0.25) is 0 Å². The smallest absolute Gasteiger partial charge is 0.312 e. The zero-order valence-corrected chi connectivity index (χ0v) is 11.4. The van der Waals surface area contributed by atoms with Gasteiger partial charge in [0.2, 0.25) is 5.75 Å². The summed E-state index contributed by atoms with van der Waals surface area (Å²) >= 11 is 3.00. The number of nitrogens with zero attached hydrogens (tertiary/aromatic N) is 2. The van der Waals surface area contributed by atoms with Crippen molar-refractivity contribution in [2.24, 2.45) is 0 Å². The van der Waals surface area contributed by atoms with Crippen molar-refractivity contribution in [2.75, 3.05) is 0 Å². The SMILES string of the molecule is N#Cc1ccc(Oc2ccc(Br)c(F)c2)c([N+](=O)[O-])c1. The van der Waals surface area contributed by atoms with E-state index in [9.17, 15) is 14.5 Å². The molecule has 0 aliphatic rings. The molecule has 100 valence electrons. The Balaban J connectivity index is 2.40. The van der Waals surface area contributed by atoms with Crippen LogP contribution in [0.3, 0.4) is 0 Å². The van der Waals surface area contributed by atoms with Crippen LogP contribution in [0.25, 0.3) is 0 Å². The topological polar surface area (TPSA) is 76.2 Å². The lowest BCUT2D eigenvalue weighted by molar-refractivity contribution is -0.385. The van der Waals surface area contributed by atoms with Gasteiger partial charge in [0.05, 0.1) is 21.0 Å². The monoisotopic (exact) mass is 336 g/mol. The van der Waals surface area contributed by atoms with Crippen molar-refractivity contribution in [1.82, 2.24) is 0 Å². The molecule has 5 nitrogen and oxygen atoms in total. The third kappa shape index (κ3) is 2.92. The Labute approximate surface area is 121 Å². The van der Waals surface area contributed by atoms with Crippen LogP contribution < -0.4 is 4.74 Å². The van der Waals surface area contributed by atoms with E-state index in [1.165, 1.54) is 24.3 Å². The van der Waals surface area contributed by atoms with E-state index in [2.05, 4.69) is 15.9 Å². The molecular formula is C13H6BrFN2O3. The van der Waals surface area contributed by atoms with Crippen molar-refractivity contribution in [2.45, 2.75) is 0 Å². The number of nitro groups is 1. The fourth-order valence-electron chi connectivity index (χ4n) is 1.48. The van der Waals surface area contributed by atoms with E-state index in [-0.39, 0.29) is 27.2 Å². The summed E-state index contributed by atoms with van der Waals surface area (Å²) in [5.74, 6) is -0.479. The van der Waals surface area contributed by atoms with Gasteiger partial charge in [-0.05, 0) is 40.2 Å². The summed E-state index contributed by atoms with van der Waals surface area (Å²) in [5, 5.41) is 19.7. The highest BCUT2D eigenvalue weighted by Crippen LogP contribution is 2.33. The molecule has 20 heavy (non-hydrogen) atoms. The third-order valence-electron chi connectivity index (χ3n) is 2.40. The number of halogens is 2. The second-order valence-electron chi connectivity index (χ2n) is 3.73. The summed E-state index contributed by atoms with van der Waals surface area (Å²) < 4.78 is 18.9. The number of rotatable bonds is 3. The largest absolute Gasteiger partial charge is 0.450 e. The average molecular weight is 337 g/mol. The van der Waals surface area contributed by atoms with Crippen LogP contribution in [0, 0.1) is 27.3 Å². The van der Waals surface area contributed by atoms with Crippen molar-refractivity contribution >= 4 is 21.6 Å². The van der Waals surface area contributed by atoms with Crippen LogP contribution in [-0.2, 0) is 0 Å². The molecular weight excluding hydrogens is 331 g/mol. The maximum absolute atomic E-state index is 13.4. The zero-order chi connectivity index (χ0) is 14.7. The number of nitro benzene ring substituents is 1. The molecule has 0 amide bonds. The summed E-state index contributed by atoms with van der Waals surface area (Å²) in [5.41, 5.74) is -0.210. The van der Waals surface area contributed by atoms with Gasteiger partial charge in [-0.3, -0.25) is 10.1 Å². The molecule has 0 heterocycles. The number of hydrogen-bond donors (Lipinski definition) is 0. The molecule has 2 rings (SSSR count). The van der Waals surface area contributed by atoms with Crippen molar-refractivity contribution in [3.05, 3.63) is 62.4 Å². The first-order chi connectivity index (χ1) is 9.51. The van der Waals surface area contributed by atoms with Crippen molar-refractivity contribution in [1.29, 1.82) is 5.26 Å². The van der Waals surface area contributed by atoms with Gasteiger partial charge in [-0.1, -0.05) is 0 Å². The van der Waals surface area contributed by atoms with Crippen molar-refractivity contribution in [3.63, 3.8) is 0 Å². The summed E-state index contributed by atoms with van der Waals surface area (Å²) in [4.78, 5) is 10.3. The fourth-order valence-corrected chi connectivity index (χ4v) is 1.73. The highest BCUT2D eigenvalue weighted by Gasteiger charge is 2.17. The normalized spacial score (nSPS) is 9.85. The molecule has 0 atom stereocenters. The summed E-state index contributed by atoms with van der Waals surface area (Å²) in [6.07, 6.45) is 0. The first-order valence-corrected chi connectivity index (χ1v) is 6.12. The Bertz CT molecular complexity index is 728. The van der Waals surface area contributed by atoms with E-state index in [1.807, 2.05) is 0 Å². The standard InChI is InChI=1S/C13H6BrFN2O3/c14-10-3-2-9(6-11(10)15)20-13-4-1-8(7-16)5-12(13)17(18)19/h1-6H. The van der Waals surface area contributed by atoms with E-state index in [0.717, 1.165) is 12.1 Å². The summed E-state index contributed by atoms with van der Waals surface area (Å²) in [7, 11) is 0. The lowest BCUT2D eigenvalue weighted by atomic mass is 10.2. The Morgan fingerprint density at radius 3 is 2.65 bits per heavy atom. The molecule has 0 radical (unpaired) electrons. The van der Waals surface area contributed by atoms with Gasteiger partial charge in [-0.2, -0.15) is 5.26 Å². The second-order valence-corrected chi connectivity index (χ2v) is 4.58. The quantitative estimate of drug-likeness (QED) is 0.622. The molecule has 0 bridgehead atoms. The summed E-state index contributed by atoms with van der Waals surface area (Å²) in [6.45, 7) is 0. The first-order valence-electron chi connectivity index (χ1n) is 5.32. The highest BCUT2D eigenvalue weighted by atomic mass is 79.9. The van der Waals surface area contributed by atoms with Gasteiger partial charge in [0.15, 0.2) is 0 Å². The van der Waals surface area contributed by atoms with E-state index in [1.54, 1.807) is 6.07 Å². The van der Waals surface area contributed by atoms with Gasteiger partial charge < -0.3 is 4.74 Å². The molecule has 7 heteroatoms. The Kier molecular flexibility index (Phi) is 3.96. The molecule has 2 aromatic carbocycles. The molecule has 0 N–H and O–H groups in total. The molecule has 0 saturated carbocycles. The number of ether oxygens (including phenoxy) is 1. The fraction of sp³-hybridized carbons (Fsp3) is 0. The minimum atomic E-state index is -0.661. The Morgan fingerprint density at radius 2 is 2.05 bits per heavy atom. The van der Waals surface area contributed by atoms with Gasteiger partial charge in [-0.25, -0.2) is 4.39 Å². The molecule has 2 aromatic rings. The van der Waals surface area contributed by atoms with Crippen LogP contribution in [0.1, 0.15) is 5.56 Å². The molecule has 0 aliphatic heterocycles. The summed E-state index contributed by atoms with van der Waals surface area (Å²) in [6, 6.07) is 9.60. The van der Waals surface area contributed by atoms with Gasteiger partial charge in [-0.15, -0.1) is 0 Å². The van der Waals surface area contributed by atoms with E-state index < -0.39 is 10.7 Å². The van der Waals surface area contributed by atoms with Crippen LogP contribution >= 0.6 is 15.9 Å². The van der Waals surface area contributed by atoms with Gasteiger partial charge in [0.1, 0.15) is 11.6 Å². The van der Waals surface area contributed by atoms with Crippen molar-refractivity contribution < 1.29 is 14.1 Å². The minimum absolute atomic E-state index is 0.0595. The van der Waals surface area contributed by atoms with Crippen molar-refractivity contribution in [3.8, 4) is 17.6 Å². The Morgan fingerprint density at radius 1 is 1.30 bits per heavy atom. The van der Waals surface area contributed by atoms with Gasteiger partial charge >= 0.3 is 5.69 Å². The minimum Gasteiger partial charge on any atom is -0.450 e. The van der Waals surface area contributed by atoms with Crippen LogP contribution in [0.15, 0.2) is 40.9 Å². The van der Waals surface area contributed by atoms with E-state index in [4.69, 9.17) is 10.00 Å². The van der Waals surface area contributed by atoms with Gasteiger partial charge in [0, 0.05) is 12.1 Å². The van der Waals surface area contributed by atoms with E-state index in [0.29, 0.717) is 0 Å². The lowest BCUT2D eigenvalue weighted by Gasteiger charge is -2.07. The number of nitriles is 1. The maximum Gasteiger partial charge on any atom is 0.312 e. The molecule has 0 fully saturated rings. The predicted molar refractivity (Wildman–Crippen MR) is 72.0 cm³/mol. The molecule has 0 aromatic heterocycles. The van der Waals surface area contributed by atoms with Gasteiger partial charge in [0.25, 0.3) is 0 Å². The molecule has 0 saturated heterocycles. The average Bonchev–Trinajstić information content (AvgIpc) is 2.43.